The number of carbonyl (C=O) groups excluding carboxylic acids is 1. The van der Waals surface area contributed by atoms with Crippen LogP contribution < -0.4 is 10.6 Å². The van der Waals surface area contributed by atoms with Gasteiger partial charge >= 0.3 is 0 Å². The average Bonchev–Trinajstić information content (AvgIpc) is 3.36. The highest BCUT2D eigenvalue weighted by Gasteiger charge is 2.22. The van der Waals surface area contributed by atoms with Crippen molar-refractivity contribution in [3.8, 4) is 5.75 Å². The zero-order chi connectivity index (χ0) is 27.6. The number of nitrogens with zero attached hydrogens (tertiary/aromatic N) is 2. The van der Waals surface area contributed by atoms with E-state index in [1.807, 2.05) is 85.9 Å². The van der Waals surface area contributed by atoms with Crippen molar-refractivity contribution in [2.75, 3.05) is 17.7 Å². The second-order valence-electron chi connectivity index (χ2n) is 9.74. The van der Waals surface area contributed by atoms with Crippen molar-refractivity contribution in [1.82, 2.24) is 4.98 Å². The lowest BCUT2D eigenvalue weighted by atomic mass is 9.99. The SMILES string of the molecule is CCCc1ccccc1NC(=O)c1cc2ccc3c4ccccc4[nH]c3c2c(N=Nc2ccc(NC)cc2)c1O. The van der Waals surface area contributed by atoms with Gasteiger partial charge in [0.2, 0.25) is 0 Å². The minimum atomic E-state index is -0.408. The van der Waals surface area contributed by atoms with E-state index in [4.69, 9.17) is 0 Å². The van der Waals surface area contributed by atoms with Crippen molar-refractivity contribution in [1.29, 1.82) is 0 Å². The number of aromatic amines is 1. The van der Waals surface area contributed by atoms with Gasteiger partial charge in [-0.3, -0.25) is 4.79 Å². The number of fused-ring (bicyclic) bond motifs is 5. The molecular formula is C33H29N5O2. The van der Waals surface area contributed by atoms with E-state index in [1.54, 1.807) is 6.07 Å². The number of phenolic OH excluding ortho intramolecular Hbond substituents is 1. The Kier molecular flexibility index (Phi) is 6.62. The maximum Gasteiger partial charge on any atom is 0.259 e. The van der Waals surface area contributed by atoms with Crippen LogP contribution >= 0.6 is 0 Å². The molecule has 1 amide bonds. The number of rotatable bonds is 7. The molecule has 7 heteroatoms. The van der Waals surface area contributed by atoms with Crippen LogP contribution in [0.1, 0.15) is 29.3 Å². The van der Waals surface area contributed by atoms with Gasteiger partial charge in [-0.15, -0.1) is 5.11 Å². The number of aromatic hydroxyl groups is 1. The summed E-state index contributed by atoms with van der Waals surface area (Å²) >= 11 is 0. The van der Waals surface area contributed by atoms with E-state index in [0.717, 1.165) is 57.0 Å². The topological polar surface area (TPSA) is 102 Å². The Bertz CT molecular complexity index is 1900. The van der Waals surface area contributed by atoms with E-state index in [9.17, 15) is 9.90 Å². The van der Waals surface area contributed by atoms with Crippen molar-refractivity contribution in [2.45, 2.75) is 19.8 Å². The Morgan fingerprint density at radius 3 is 2.48 bits per heavy atom. The quantitative estimate of drug-likeness (QED) is 0.156. The highest BCUT2D eigenvalue weighted by atomic mass is 16.3. The third-order valence-corrected chi connectivity index (χ3v) is 7.18. The second kappa shape index (κ2) is 10.5. The molecule has 0 saturated carbocycles. The molecule has 0 aliphatic heterocycles. The van der Waals surface area contributed by atoms with Crippen molar-refractivity contribution in [2.24, 2.45) is 10.2 Å². The molecule has 5 aromatic carbocycles. The van der Waals surface area contributed by atoms with E-state index in [1.165, 1.54) is 0 Å². The predicted octanol–water partition coefficient (Wildman–Crippen LogP) is 8.84. The van der Waals surface area contributed by atoms with Crippen molar-refractivity contribution in [3.05, 3.63) is 102 Å². The number of amides is 1. The van der Waals surface area contributed by atoms with Crippen molar-refractivity contribution in [3.63, 3.8) is 0 Å². The van der Waals surface area contributed by atoms with Crippen LogP contribution in [0.25, 0.3) is 32.6 Å². The summed E-state index contributed by atoms with van der Waals surface area (Å²) < 4.78 is 0. The van der Waals surface area contributed by atoms with Crippen LogP contribution in [0, 0.1) is 0 Å². The molecule has 1 aromatic heterocycles. The van der Waals surface area contributed by atoms with Crippen LogP contribution in [0.5, 0.6) is 5.75 Å². The number of hydrogen-bond acceptors (Lipinski definition) is 5. The first-order valence-corrected chi connectivity index (χ1v) is 13.3. The molecule has 4 N–H and O–H groups in total. The van der Waals surface area contributed by atoms with Crippen LogP contribution in [0.2, 0.25) is 0 Å². The Morgan fingerprint density at radius 1 is 0.900 bits per heavy atom. The number of hydrogen-bond donors (Lipinski definition) is 4. The highest BCUT2D eigenvalue weighted by Crippen LogP contribution is 2.44. The number of carbonyl (C=O) groups is 1. The van der Waals surface area contributed by atoms with E-state index in [-0.39, 0.29) is 17.0 Å². The predicted molar refractivity (Wildman–Crippen MR) is 164 cm³/mol. The molecule has 0 aliphatic rings. The maximum absolute atomic E-state index is 13.6. The lowest BCUT2D eigenvalue weighted by molar-refractivity contribution is 0.102. The van der Waals surface area contributed by atoms with Gasteiger partial charge in [-0.05, 0) is 59.8 Å². The molecule has 0 spiro atoms. The van der Waals surface area contributed by atoms with Crippen LogP contribution in [0.3, 0.4) is 0 Å². The van der Waals surface area contributed by atoms with Crippen molar-refractivity contribution < 1.29 is 9.90 Å². The smallest absolute Gasteiger partial charge is 0.259 e. The summed E-state index contributed by atoms with van der Waals surface area (Å²) in [5.74, 6) is -0.630. The molecule has 7 nitrogen and oxygen atoms in total. The molecule has 198 valence electrons. The molecule has 0 atom stereocenters. The number of phenols is 1. The van der Waals surface area contributed by atoms with Gasteiger partial charge in [0.05, 0.1) is 16.8 Å². The largest absolute Gasteiger partial charge is 0.505 e. The Morgan fingerprint density at radius 2 is 1.68 bits per heavy atom. The van der Waals surface area contributed by atoms with Gasteiger partial charge in [0.1, 0.15) is 5.69 Å². The number of benzene rings is 5. The number of H-pyrrole nitrogens is 1. The molecule has 0 radical (unpaired) electrons. The molecule has 0 unspecified atom stereocenters. The maximum atomic E-state index is 13.6. The van der Waals surface area contributed by atoms with E-state index >= 15 is 0 Å². The third-order valence-electron chi connectivity index (χ3n) is 7.18. The molecule has 1 heterocycles. The Labute approximate surface area is 231 Å². The minimum absolute atomic E-state index is 0.133. The van der Waals surface area contributed by atoms with Gasteiger partial charge in [0, 0.05) is 40.1 Å². The average molecular weight is 528 g/mol. The fraction of sp³-hybridized carbons (Fsp3) is 0.121. The molecule has 0 saturated heterocycles. The first kappa shape index (κ1) is 25.1. The number of aromatic nitrogens is 1. The zero-order valence-corrected chi connectivity index (χ0v) is 22.3. The third kappa shape index (κ3) is 4.52. The summed E-state index contributed by atoms with van der Waals surface area (Å²) in [6, 6.07) is 29.0. The molecule has 6 aromatic rings. The fourth-order valence-electron chi connectivity index (χ4n) is 5.17. The summed E-state index contributed by atoms with van der Waals surface area (Å²) in [5.41, 5.74) is 5.52. The van der Waals surface area contributed by atoms with Gasteiger partial charge in [-0.25, -0.2) is 0 Å². The van der Waals surface area contributed by atoms with E-state index < -0.39 is 5.91 Å². The standard InChI is InChI=1S/C33H29N5O2/c1-3-8-20-9-4-6-11-27(20)36-33(40)26-19-21-13-18-25-24-10-5-7-12-28(24)35-30(25)29(21)31(32(26)39)38-37-23-16-14-22(34-2)15-17-23/h4-7,9-19,34-35,39H,3,8H2,1-2H3,(H,36,40). The van der Waals surface area contributed by atoms with Gasteiger partial charge in [0.25, 0.3) is 5.91 Å². The number of nitrogens with one attached hydrogen (secondary N) is 3. The number of para-hydroxylation sites is 2. The summed E-state index contributed by atoms with van der Waals surface area (Å²) in [4.78, 5) is 17.1. The summed E-state index contributed by atoms with van der Waals surface area (Å²) in [5, 5.41) is 30.2. The summed E-state index contributed by atoms with van der Waals surface area (Å²) in [6.07, 6.45) is 1.79. The fourth-order valence-corrected chi connectivity index (χ4v) is 5.17. The van der Waals surface area contributed by atoms with Crippen LogP contribution in [0.15, 0.2) is 101 Å². The lowest BCUT2D eigenvalue weighted by Crippen LogP contribution is -2.13. The normalized spacial score (nSPS) is 11.6. The van der Waals surface area contributed by atoms with Gasteiger partial charge < -0.3 is 20.7 Å². The molecular weight excluding hydrogens is 498 g/mol. The van der Waals surface area contributed by atoms with Gasteiger partial charge in [-0.2, -0.15) is 5.11 Å². The zero-order valence-electron chi connectivity index (χ0n) is 22.3. The monoisotopic (exact) mass is 527 g/mol. The first-order valence-electron chi connectivity index (χ1n) is 13.3. The van der Waals surface area contributed by atoms with E-state index in [0.29, 0.717) is 11.1 Å². The first-order chi connectivity index (χ1) is 19.6. The highest BCUT2D eigenvalue weighted by molar-refractivity contribution is 6.22. The molecule has 0 bridgehead atoms. The van der Waals surface area contributed by atoms with Gasteiger partial charge in [-0.1, -0.05) is 61.9 Å². The Hall–Kier alpha value is -5.17. The van der Waals surface area contributed by atoms with Crippen molar-refractivity contribution >= 4 is 61.2 Å². The number of aryl methyl sites for hydroxylation is 1. The summed E-state index contributed by atoms with van der Waals surface area (Å²) in [7, 11) is 1.85. The molecule has 40 heavy (non-hydrogen) atoms. The summed E-state index contributed by atoms with van der Waals surface area (Å²) in [6.45, 7) is 2.10. The molecule has 0 fully saturated rings. The van der Waals surface area contributed by atoms with Crippen LogP contribution in [-0.2, 0) is 6.42 Å². The Balaban J connectivity index is 1.53. The van der Waals surface area contributed by atoms with Crippen LogP contribution in [-0.4, -0.2) is 23.0 Å². The molecule has 0 aliphatic carbocycles. The molecule has 6 rings (SSSR count). The number of anilines is 2. The van der Waals surface area contributed by atoms with Gasteiger partial charge in [0.15, 0.2) is 5.75 Å². The second-order valence-corrected chi connectivity index (χ2v) is 9.74. The van der Waals surface area contributed by atoms with E-state index in [2.05, 4.69) is 38.8 Å². The van der Waals surface area contributed by atoms with Crippen LogP contribution in [0.4, 0.5) is 22.7 Å². The minimum Gasteiger partial charge on any atom is -0.505 e. The number of azo groups is 1. The lowest BCUT2D eigenvalue weighted by Gasteiger charge is -2.14.